The number of nitrogens with two attached hydrogens (primary N) is 1. The smallest absolute Gasteiger partial charge is 0.251 e. The van der Waals surface area contributed by atoms with E-state index in [1.54, 1.807) is 18.2 Å². The van der Waals surface area contributed by atoms with Crippen molar-refractivity contribution in [3.05, 3.63) is 51.9 Å². The third kappa shape index (κ3) is 3.17. The van der Waals surface area contributed by atoms with Crippen LogP contribution in [0.15, 0.2) is 39.2 Å². The van der Waals surface area contributed by atoms with Crippen LogP contribution < -0.4 is 11.1 Å². The quantitative estimate of drug-likeness (QED) is 0.851. The van der Waals surface area contributed by atoms with Gasteiger partial charge in [0.15, 0.2) is 0 Å². The number of amides is 1. The SMILES string of the molecule is Cc1ccc(C(C)NC(=O)c2ccc(Br)c(N)c2)o1. The minimum absolute atomic E-state index is 0.180. The van der Waals surface area contributed by atoms with E-state index in [2.05, 4.69) is 21.2 Å². The van der Waals surface area contributed by atoms with Crippen LogP contribution >= 0.6 is 15.9 Å². The number of rotatable bonds is 3. The van der Waals surface area contributed by atoms with Gasteiger partial charge in [-0.25, -0.2) is 0 Å². The van der Waals surface area contributed by atoms with E-state index in [9.17, 15) is 4.79 Å². The highest BCUT2D eigenvalue weighted by Crippen LogP contribution is 2.21. The lowest BCUT2D eigenvalue weighted by molar-refractivity contribution is 0.0935. The topological polar surface area (TPSA) is 68.3 Å². The zero-order valence-corrected chi connectivity index (χ0v) is 12.3. The number of carbonyl (C=O) groups excluding carboxylic acids is 1. The van der Waals surface area contributed by atoms with Gasteiger partial charge in [0.05, 0.1) is 6.04 Å². The summed E-state index contributed by atoms with van der Waals surface area (Å²) >= 11 is 3.30. The molecule has 1 amide bonds. The average Bonchev–Trinajstić information content (AvgIpc) is 2.79. The first kappa shape index (κ1) is 13.7. The van der Waals surface area contributed by atoms with Gasteiger partial charge in [0, 0.05) is 15.7 Å². The highest BCUT2D eigenvalue weighted by molar-refractivity contribution is 9.10. The number of hydrogen-bond donors (Lipinski definition) is 2. The summed E-state index contributed by atoms with van der Waals surface area (Å²) in [5, 5.41) is 2.87. The molecule has 2 rings (SSSR count). The minimum Gasteiger partial charge on any atom is -0.464 e. The van der Waals surface area contributed by atoms with Gasteiger partial charge in [-0.3, -0.25) is 4.79 Å². The first-order chi connectivity index (χ1) is 8.97. The molecule has 1 aromatic heterocycles. The molecule has 1 atom stereocenters. The molecule has 100 valence electrons. The molecule has 0 aliphatic rings. The number of carbonyl (C=O) groups is 1. The molecular weight excluding hydrogens is 308 g/mol. The number of nitrogens with one attached hydrogen (secondary N) is 1. The largest absolute Gasteiger partial charge is 0.464 e. The van der Waals surface area contributed by atoms with Crippen LogP contribution in [0.25, 0.3) is 0 Å². The van der Waals surface area contributed by atoms with Crippen molar-refractivity contribution in [3.8, 4) is 0 Å². The van der Waals surface area contributed by atoms with E-state index < -0.39 is 0 Å². The Morgan fingerprint density at radius 1 is 1.37 bits per heavy atom. The summed E-state index contributed by atoms with van der Waals surface area (Å²) in [7, 11) is 0. The summed E-state index contributed by atoms with van der Waals surface area (Å²) in [5.41, 5.74) is 6.82. The van der Waals surface area contributed by atoms with E-state index in [4.69, 9.17) is 10.2 Å². The maximum atomic E-state index is 12.1. The molecule has 1 heterocycles. The molecular formula is C14H15BrN2O2. The zero-order valence-electron chi connectivity index (χ0n) is 10.7. The van der Waals surface area contributed by atoms with Crippen molar-refractivity contribution < 1.29 is 9.21 Å². The highest BCUT2D eigenvalue weighted by atomic mass is 79.9. The van der Waals surface area contributed by atoms with E-state index >= 15 is 0 Å². The molecule has 0 aliphatic heterocycles. The van der Waals surface area contributed by atoms with E-state index in [0.717, 1.165) is 16.0 Å². The van der Waals surface area contributed by atoms with Gasteiger partial charge >= 0.3 is 0 Å². The normalized spacial score (nSPS) is 12.2. The van der Waals surface area contributed by atoms with Crippen LogP contribution in [0.3, 0.4) is 0 Å². The molecule has 4 nitrogen and oxygen atoms in total. The Kier molecular flexibility index (Phi) is 3.95. The average molecular weight is 323 g/mol. The predicted octanol–water partition coefficient (Wildman–Crippen LogP) is 3.42. The molecule has 0 bridgehead atoms. The predicted molar refractivity (Wildman–Crippen MR) is 77.9 cm³/mol. The number of furan rings is 1. The minimum atomic E-state index is -0.189. The fourth-order valence-corrected chi connectivity index (χ4v) is 1.97. The molecule has 0 radical (unpaired) electrons. The summed E-state index contributed by atoms with van der Waals surface area (Å²) in [5.74, 6) is 1.38. The summed E-state index contributed by atoms with van der Waals surface area (Å²) in [4.78, 5) is 12.1. The van der Waals surface area contributed by atoms with Gasteiger partial charge in [0.2, 0.25) is 0 Å². The van der Waals surface area contributed by atoms with Gasteiger partial charge in [-0.05, 0) is 60.1 Å². The van der Waals surface area contributed by atoms with Crippen LogP contribution in [0, 0.1) is 6.92 Å². The maximum Gasteiger partial charge on any atom is 0.251 e. The second-order valence-electron chi connectivity index (χ2n) is 4.38. The lowest BCUT2D eigenvalue weighted by Crippen LogP contribution is -2.26. The second-order valence-corrected chi connectivity index (χ2v) is 5.23. The van der Waals surface area contributed by atoms with E-state index in [0.29, 0.717) is 11.3 Å². The molecule has 2 aromatic rings. The van der Waals surface area contributed by atoms with Gasteiger partial charge < -0.3 is 15.5 Å². The highest BCUT2D eigenvalue weighted by Gasteiger charge is 2.14. The Labute approximate surface area is 120 Å². The van der Waals surface area contributed by atoms with Gasteiger partial charge in [-0.15, -0.1) is 0 Å². The molecule has 5 heteroatoms. The number of nitrogen functional groups attached to an aromatic ring is 1. The number of halogens is 1. The van der Waals surface area contributed by atoms with Crippen molar-refractivity contribution in [2.24, 2.45) is 0 Å². The van der Waals surface area contributed by atoms with E-state index in [-0.39, 0.29) is 11.9 Å². The van der Waals surface area contributed by atoms with Crippen LogP contribution in [0.4, 0.5) is 5.69 Å². The molecule has 0 spiro atoms. The number of anilines is 1. The van der Waals surface area contributed by atoms with Crippen LogP contribution in [-0.4, -0.2) is 5.91 Å². The number of benzene rings is 1. The van der Waals surface area contributed by atoms with Crippen molar-refractivity contribution >= 4 is 27.5 Å². The standard InChI is InChI=1S/C14H15BrN2O2/c1-8-3-6-13(19-8)9(2)17-14(18)10-4-5-11(15)12(16)7-10/h3-7,9H,16H2,1-2H3,(H,17,18). The van der Waals surface area contributed by atoms with Gasteiger partial charge in [0.1, 0.15) is 11.5 Å². The molecule has 0 saturated heterocycles. The zero-order chi connectivity index (χ0) is 14.0. The number of aryl methyl sites for hydroxylation is 1. The summed E-state index contributed by atoms with van der Waals surface area (Å²) in [6.45, 7) is 3.74. The first-order valence-electron chi connectivity index (χ1n) is 5.89. The fraction of sp³-hybridized carbons (Fsp3) is 0.214. The van der Waals surface area contributed by atoms with Crippen molar-refractivity contribution in [3.63, 3.8) is 0 Å². The third-order valence-electron chi connectivity index (χ3n) is 2.79. The van der Waals surface area contributed by atoms with Crippen molar-refractivity contribution in [1.29, 1.82) is 0 Å². The molecule has 1 aromatic carbocycles. The second kappa shape index (κ2) is 5.48. The molecule has 19 heavy (non-hydrogen) atoms. The van der Waals surface area contributed by atoms with E-state index in [1.807, 2.05) is 26.0 Å². The van der Waals surface area contributed by atoms with Crippen LogP contribution in [0.2, 0.25) is 0 Å². The van der Waals surface area contributed by atoms with Crippen LogP contribution in [0.5, 0.6) is 0 Å². The third-order valence-corrected chi connectivity index (χ3v) is 3.52. The Hall–Kier alpha value is -1.75. The Morgan fingerprint density at radius 3 is 2.68 bits per heavy atom. The maximum absolute atomic E-state index is 12.1. The monoisotopic (exact) mass is 322 g/mol. The molecule has 1 unspecified atom stereocenters. The van der Waals surface area contributed by atoms with Crippen LogP contribution in [-0.2, 0) is 0 Å². The van der Waals surface area contributed by atoms with E-state index in [1.165, 1.54) is 0 Å². The van der Waals surface area contributed by atoms with Crippen molar-refractivity contribution in [2.75, 3.05) is 5.73 Å². The van der Waals surface area contributed by atoms with Crippen molar-refractivity contribution in [2.45, 2.75) is 19.9 Å². The first-order valence-corrected chi connectivity index (χ1v) is 6.69. The fourth-order valence-electron chi connectivity index (χ4n) is 1.72. The lowest BCUT2D eigenvalue weighted by atomic mass is 10.1. The van der Waals surface area contributed by atoms with Gasteiger partial charge in [-0.2, -0.15) is 0 Å². The Morgan fingerprint density at radius 2 is 2.11 bits per heavy atom. The van der Waals surface area contributed by atoms with Crippen molar-refractivity contribution in [1.82, 2.24) is 5.32 Å². The van der Waals surface area contributed by atoms with Crippen LogP contribution in [0.1, 0.15) is 34.8 Å². The molecule has 0 saturated carbocycles. The molecule has 0 fully saturated rings. The Balaban J connectivity index is 2.10. The Bertz CT molecular complexity index is 607. The number of hydrogen-bond acceptors (Lipinski definition) is 3. The lowest BCUT2D eigenvalue weighted by Gasteiger charge is -2.12. The molecule has 0 aliphatic carbocycles. The van der Waals surface area contributed by atoms with Gasteiger partial charge in [0.25, 0.3) is 5.91 Å². The summed E-state index contributed by atoms with van der Waals surface area (Å²) in [6, 6.07) is 8.65. The summed E-state index contributed by atoms with van der Waals surface area (Å²) < 4.78 is 6.25. The molecule has 3 N–H and O–H groups in total. The summed E-state index contributed by atoms with van der Waals surface area (Å²) in [6.07, 6.45) is 0. The van der Waals surface area contributed by atoms with Gasteiger partial charge in [-0.1, -0.05) is 0 Å².